The molecule has 0 saturated carbocycles. The molecular weight excluding hydrogens is 293 g/mol. The smallest absolute Gasteiger partial charge is 0.343 e. The van der Waals surface area contributed by atoms with Crippen LogP contribution < -0.4 is 0 Å². The predicted molar refractivity (Wildman–Crippen MR) is 67.8 cm³/mol. The second-order valence-electron chi connectivity index (χ2n) is 4.47. The minimum absolute atomic E-state index is 0.0627. The van der Waals surface area contributed by atoms with Gasteiger partial charge in [0.2, 0.25) is 11.8 Å². The van der Waals surface area contributed by atoms with Gasteiger partial charge >= 0.3 is 6.18 Å². The fourth-order valence-electron chi connectivity index (χ4n) is 2.05. The highest BCUT2D eigenvalue weighted by Gasteiger charge is 2.61. The number of hydrogen-bond acceptors (Lipinski definition) is 1. The number of benzene rings is 1. The molecule has 0 radical (unpaired) electrons. The molecule has 1 aromatic rings. The summed E-state index contributed by atoms with van der Waals surface area (Å²) in [6.07, 6.45) is -5.33. The maximum Gasteiger partial charge on any atom is 0.406 e. The van der Waals surface area contributed by atoms with E-state index in [9.17, 15) is 26.7 Å². The van der Waals surface area contributed by atoms with Crippen molar-refractivity contribution in [3.05, 3.63) is 35.9 Å². The standard InChI is InChI=1S/C14H16F5NO/c1-3-20(4-2)12(21)11(14(17,18)19)13(15,16)10-8-6-5-7-9-10/h5-9,11H,3-4H2,1-2H3. The third-order valence-corrected chi connectivity index (χ3v) is 3.17. The molecule has 0 aromatic heterocycles. The van der Waals surface area contributed by atoms with E-state index in [4.69, 9.17) is 0 Å². The fourth-order valence-corrected chi connectivity index (χ4v) is 2.05. The van der Waals surface area contributed by atoms with Crippen LogP contribution >= 0.6 is 0 Å². The zero-order valence-electron chi connectivity index (χ0n) is 11.6. The maximum atomic E-state index is 14.2. The van der Waals surface area contributed by atoms with Gasteiger partial charge in [0.15, 0.2) is 0 Å². The summed E-state index contributed by atoms with van der Waals surface area (Å²) in [7, 11) is 0. The number of hydrogen-bond donors (Lipinski definition) is 0. The summed E-state index contributed by atoms with van der Waals surface area (Å²) in [5.74, 6) is -9.31. The largest absolute Gasteiger partial charge is 0.406 e. The van der Waals surface area contributed by atoms with Gasteiger partial charge in [0.05, 0.1) is 0 Å². The second-order valence-corrected chi connectivity index (χ2v) is 4.47. The van der Waals surface area contributed by atoms with Crippen LogP contribution in [-0.2, 0) is 10.7 Å². The first-order chi connectivity index (χ1) is 9.66. The van der Waals surface area contributed by atoms with E-state index in [-0.39, 0.29) is 13.1 Å². The highest BCUT2D eigenvalue weighted by atomic mass is 19.4. The zero-order valence-corrected chi connectivity index (χ0v) is 11.6. The molecule has 2 nitrogen and oxygen atoms in total. The van der Waals surface area contributed by atoms with Gasteiger partial charge < -0.3 is 4.90 Å². The van der Waals surface area contributed by atoms with Crippen molar-refractivity contribution in [3.63, 3.8) is 0 Å². The molecule has 0 heterocycles. The van der Waals surface area contributed by atoms with Crippen LogP contribution in [0.25, 0.3) is 0 Å². The van der Waals surface area contributed by atoms with Gasteiger partial charge in [-0.15, -0.1) is 0 Å². The van der Waals surface area contributed by atoms with Crippen molar-refractivity contribution in [1.29, 1.82) is 0 Å². The lowest BCUT2D eigenvalue weighted by Crippen LogP contribution is -2.49. The molecule has 0 aliphatic heterocycles. The van der Waals surface area contributed by atoms with E-state index >= 15 is 0 Å². The first kappa shape index (κ1) is 17.4. The van der Waals surface area contributed by atoms with E-state index in [2.05, 4.69) is 0 Å². The van der Waals surface area contributed by atoms with E-state index in [1.165, 1.54) is 32.0 Å². The van der Waals surface area contributed by atoms with Crippen LogP contribution in [-0.4, -0.2) is 30.1 Å². The van der Waals surface area contributed by atoms with Crippen LogP contribution in [0.5, 0.6) is 0 Å². The Hall–Kier alpha value is -1.66. The molecule has 1 unspecified atom stereocenters. The molecule has 0 aliphatic carbocycles. The number of halogens is 5. The Bertz CT molecular complexity index is 468. The van der Waals surface area contributed by atoms with Crippen LogP contribution in [0.3, 0.4) is 0 Å². The lowest BCUT2D eigenvalue weighted by molar-refractivity contribution is -0.243. The molecule has 1 atom stereocenters. The minimum Gasteiger partial charge on any atom is -0.343 e. The number of alkyl halides is 5. The highest BCUT2D eigenvalue weighted by molar-refractivity contribution is 5.81. The van der Waals surface area contributed by atoms with E-state index in [1.807, 2.05) is 0 Å². The minimum atomic E-state index is -5.33. The highest BCUT2D eigenvalue weighted by Crippen LogP contribution is 2.45. The first-order valence-corrected chi connectivity index (χ1v) is 6.45. The Labute approximate surface area is 119 Å². The molecule has 7 heteroatoms. The van der Waals surface area contributed by atoms with Crippen LogP contribution in [0.4, 0.5) is 22.0 Å². The number of nitrogens with zero attached hydrogens (tertiary/aromatic N) is 1. The van der Waals surface area contributed by atoms with Gasteiger partial charge in [0.25, 0.3) is 5.92 Å². The Kier molecular flexibility index (Phi) is 5.31. The summed E-state index contributed by atoms with van der Waals surface area (Å²) in [6.45, 7) is 2.75. The van der Waals surface area contributed by atoms with Gasteiger partial charge in [-0.2, -0.15) is 13.2 Å². The summed E-state index contributed by atoms with van der Waals surface area (Å²) in [6, 6.07) is 5.59. The molecule has 0 aliphatic rings. The van der Waals surface area contributed by atoms with Crippen molar-refractivity contribution in [1.82, 2.24) is 4.90 Å². The SMILES string of the molecule is CCN(CC)C(=O)C(C(F)(F)F)C(F)(F)c1ccccc1. The molecule has 1 rings (SSSR count). The lowest BCUT2D eigenvalue weighted by atomic mass is 9.92. The number of amides is 1. The molecule has 118 valence electrons. The lowest BCUT2D eigenvalue weighted by Gasteiger charge is -2.32. The van der Waals surface area contributed by atoms with Gasteiger partial charge in [-0.25, -0.2) is 8.78 Å². The Morgan fingerprint density at radius 3 is 1.90 bits per heavy atom. The average molecular weight is 309 g/mol. The molecular formula is C14H16F5NO. The molecule has 0 saturated heterocycles. The molecule has 21 heavy (non-hydrogen) atoms. The van der Waals surface area contributed by atoms with Crippen molar-refractivity contribution >= 4 is 5.91 Å². The monoisotopic (exact) mass is 309 g/mol. The third kappa shape index (κ3) is 3.71. The zero-order chi connectivity index (χ0) is 16.3. The van der Waals surface area contributed by atoms with E-state index in [0.29, 0.717) is 0 Å². The first-order valence-electron chi connectivity index (χ1n) is 6.45. The molecule has 0 bridgehead atoms. The number of carbonyl (C=O) groups is 1. The third-order valence-electron chi connectivity index (χ3n) is 3.17. The molecule has 1 amide bonds. The molecule has 0 spiro atoms. The predicted octanol–water partition coefficient (Wildman–Crippen LogP) is 3.83. The molecule has 0 N–H and O–H groups in total. The normalized spacial score (nSPS) is 13.9. The van der Waals surface area contributed by atoms with Gasteiger partial charge in [0, 0.05) is 18.7 Å². The second kappa shape index (κ2) is 6.41. The number of carbonyl (C=O) groups excluding carboxylic acids is 1. The summed E-state index contributed by atoms with van der Waals surface area (Å²) in [4.78, 5) is 12.7. The summed E-state index contributed by atoms with van der Waals surface area (Å²) >= 11 is 0. The van der Waals surface area contributed by atoms with Crippen molar-refractivity contribution in [2.45, 2.75) is 25.9 Å². The van der Waals surface area contributed by atoms with Crippen molar-refractivity contribution in [3.8, 4) is 0 Å². The Morgan fingerprint density at radius 2 is 1.52 bits per heavy atom. The summed E-state index contributed by atoms with van der Waals surface area (Å²) in [5.41, 5.74) is -0.826. The van der Waals surface area contributed by atoms with Gasteiger partial charge in [-0.05, 0) is 13.8 Å². The Morgan fingerprint density at radius 1 is 1.05 bits per heavy atom. The molecule has 0 fully saturated rings. The van der Waals surface area contributed by atoms with Crippen molar-refractivity contribution in [2.24, 2.45) is 5.92 Å². The van der Waals surface area contributed by atoms with E-state index in [0.717, 1.165) is 17.0 Å². The van der Waals surface area contributed by atoms with Crippen LogP contribution in [0.2, 0.25) is 0 Å². The quantitative estimate of drug-likeness (QED) is 0.757. The van der Waals surface area contributed by atoms with Crippen LogP contribution in [0, 0.1) is 5.92 Å². The average Bonchev–Trinajstić information content (AvgIpc) is 2.39. The fraction of sp³-hybridized carbons (Fsp3) is 0.500. The van der Waals surface area contributed by atoms with Gasteiger partial charge in [0.1, 0.15) is 0 Å². The van der Waals surface area contributed by atoms with Gasteiger partial charge in [-0.3, -0.25) is 4.79 Å². The van der Waals surface area contributed by atoms with E-state index in [1.54, 1.807) is 0 Å². The van der Waals surface area contributed by atoms with E-state index < -0.39 is 29.5 Å². The Balaban J connectivity index is 3.29. The number of rotatable bonds is 5. The van der Waals surface area contributed by atoms with Crippen LogP contribution in [0.15, 0.2) is 30.3 Å². The molecule has 1 aromatic carbocycles. The maximum absolute atomic E-state index is 14.2. The summed E-state index contributed by atoms with van der Waals surface area (Å²) in [5, 5.41) is 0. The topological polar surface area (TPSA) is 20.3 Å². The van der Waals surface area contributed by atoms with Crippen molar-refractivity contribution in [2.75, 3.05) is 13.1 Å². The van der Waals surface area contributed by atoms with Crippen molar-refractivity contribution < 1.29 is 26.7 Å². The summed E-state index contributed by atoms with van der Waals surface area (Å²) < 4.78 is 67.6. The van der Waals surface area contributed by atoms with Crippen LogP contribution in [0.1, 0.15) is 19.4 Å². The van der Waals surface area contributed by atoms with Gasteiger partial charge in [-0.1, -0.05) is 30.3 Å².